The number of halogens is 1. The third-order valence-electron chi connectivity index (χ3n) is 4.29. The van der Waals surface area contributed by atoms with Crippen LogP contribution in [0.25, 0.3) is 0 Å². The maximum atomic E-state index is 12.8. The van der Waals surface area contributed by atoms with Crippen LogP contribution >= 0.6 is 11.6 Å². The zero-order valence-electron chi connectivity index (χ0n) is 14.1. The minimum absolute atomic E-state index is 0.138. The third kappa shape index (κ3) is 5.38. The zero-order chi connectivity index (χ0) is 17.4. The second kappa shape index (κ2) is 9.48. The largest absolute Gasteiger partial charge is 0.469 e. The number of amides is 1. The van der Waals surface area contributed by atoms with E-state index in [4.69, 9.17) is 11.6 Å². The summed E-state index contributed by atoms with van der Waals surface area (Å²) in [5, 5.41) is 0.433. The van der Waals surface area contributed by atoms with Crippen molar-refractivity contribution in [1.82, 2.24) is 4.90 Å². The Bertz CT molecular complexity index is 612. The average molecular weight is 350 g/mol. The van der Waals surface area contributed by atoms with Gasteiger partial charge in [-0.15, -0.1) is 0 Å². The summed E-state index contributed by atoms with van der Waals surface area (Å²) in [5.41, 5.74) is 1.87. The highest BCUT2D eigenvalue weighted by Gasteiger charge is 2.19. The number of nitrogens with zero attached hydrogens (tertiary/aromatic N) is 1. The molecule has 0 bridgehead atoms. The summed E-state index contributed by atoms with van der Waals surface area (Å²) in [4.78, 5) is 26.0. The molecular formula is C19H24ClNO3. The molecule has 1 aromatic rings. The van der Waals surface area contributed by atoms with E-state index in [1.807, 2.05) is 0 Å². The van der Waals surface area contributed by atoms with Gasteiger partial charge in [0.05, 0.1) is 24.1 Å². The number of esters is 1. The molecule has 4 nitrogen and oxygen atoms in total. The summed E-state index contributed by atoms with van der Waals surface area (Å²) < 4.78 is 4.69. The van der Waals surface area contributed by atoms with Gasteiger partial charge < -0.3 is 9.64 Å². The van der Waals surface area contributed by atoms with E-state index in [2.05, 4.69) is 10.8 Å². The molecule has 1 aliphatic rings. The molecule has 130 valence electrons. The number of ether oxygens (including phenoxy) is 1. The van der Waals surface area contributed by atoms with E-state index in [0.29, 0.717) is 23.7 Å². The summed E-state index contributed by atoms with van der Waals surface area (Å²) >= 11 is 6.15. The first-order valence-electron chi connectivity index (χ1n) is 8.40. The Morgan fingerprint density at radius 1 is 1.21 bits per heavy atom. The molecule has 0 unspecified atom stereocenters. The van der Waals surface area contributed by atoms with Crippen LogP contribution in [0.15, 0.2) is 35.9 Å². The molecule has 0 fully saturated rings. The van der Waals surface area contributed by atoms with Crippen molar-refractivity contribution in [2.75, 3.05) is 20.2 Å². The number of hydrogen-bond donors (Lipinski definition) is 0. The Labute approximate surface area is 148 Å². The molecule has 0 N–H and O–H groups in total. The molecule has 5 heteroatoms. The van der Waals surface area contributed by atoms with E-state index < -0.39 is 0 Å². The molecule has 0 spiro atoms. The van der Waals surface area contributed by atoms with E-state index in [9.17, 15) is 9.59 Å². The van der Waals surface area contributed by atoms with Crippen molar-refractivity contribution in [3.63, 3.8) is 0 Å². The number of benzene rings is 1. The van der Waals surface area contributed by atoms with Gasteiger partial charge in [-0.25, -0.2) is 0 Å². The molecule has 0 heterocycles. The second-order valence-corrected chi connectivity index (χ2v) is 6.36. The van der Waals surface area contributed by atoms with Crippen molar-refractivity contribution in [2.24, 2.45) is 0 Å². The first kappa shape index (κ1) is 18.5. The Kier molecular flexibility index (Phi) is 7.32. The third-order valence-corrected chi connectivity index (χ3v) is 4.62. The number of hydrogen-bond acceptors (Lipinski definition) is 3. The highest BCUT2D eigenvalue weighted by atomic mass is 35.5. The van der Waals surface area contributed by atoms with Gasteiger partial charge in [0, 0.05) is 13.1 Å². The van der Waals surface area contributed by atoms with Crippen LogP contribution in [0.5, 0.6) is 0 Å². The Morgan fingerprint density at radius 3 is 2.67 bits per heavy atom. The minimum atomic E-state index is -0.316. The zero-order valence-corrected chi connectivity index (χ0v) is 14.8. The average Bonchev–Trinajstić information content (AvgIpc) is 2.62. The molecule has 0 radical (unpaired) electrons. The highest BCUT2D eigenvalue weighted by Crippen LogP contribution is 2.22. The molecule has 0 aliphatic heterocycles. The lowest BCUT2D eigenvalue weighted by molar-refractivity contribution is -0.140. The summed E-state index contributed by atoms with van der Waals surface area (Å²) in [7, 11) is 1.36. The van der Waals surface area contributed by atoms with Gasteiger partial charge in [0.1, 0.15) is 0 Å². The van der Waals surface area contributed by atoms with Crippen LogP contribution in [0.4, 0.5) is 0 Å². The molecule has 2 rings (SSSR count). The summed E-state index contributed by atoms with van der Waals surface area (Å²) in [6, 6.07) is 7.01. The lowest BCUT2D eigenvalue weighted by Crippen LogP contribution is -2.34. The van der Waals surface area contributed by atoms with Crippen molar-refractivity contribution in [1.29, 1.82) is 0 Å². The van der Waals surface area contributed by atoms with Crippen molar-refractivity contribution < 1.29 is 14.3 Å². The molecule has 0 aromatic heterocycles. The van der Waals surface area contributed by atoms with Crippen LogP contribution in [0.3, 0.4) is 0 Å². The lowest BCUT2D eigenvalue weighted by Gasteiger charge is -2.24. The van der Waals surface area contributed by atoms with E-state index in [-0.39, 0.29) is 18.3 Å². The van der Waals surface area contributed by atoms with Crippen molar-refractivity contribution in [3.8, 4) is 0 Å². The Hall–Kier alpha value is -1.81. The molecule has 0 saturated heterocycles. The van der Waals surface area contributed by atoms with Crippen LogP contribution in [-0.2, 0) is 9.53 Å². The van der Waals surface area contributed by atoms with E-state index >= 15 is 0 Å². The number of methoxy groups -OCH3 is 1. The van der Waals surface area contributed by atoms with E-state index in [1.54, 1.807) is 29.2 Å². The van der Waals surface area contributed by atoms with Crippen LogP contribution in [0.2, 0.25) is 5.02 Å². The summed E-state index contributed by atoms with van der Waals surface area (Å²) in [5.74, 6) is -0.454. The van der Waals surface area contributed by atoms with Crippen LogP contribution in [0.1, 0.15) is 48.9 Å². The SMILES string of the molecule is COC(=O)CCN(CCC1=CCCCC1)C(=O)c1ccccc1Cl. The fourth-order valence-corrected chi connectivity index (χ4v) is 3.08. The smallest absolute Gasteiger partial charge is 0.307 e. The normalized spacial score (nSPS) is 14.0. The topological polar surface area (TPSA) is 46.6 Å². The standard InChI is InChI=1S/C19H24ClNO3/c1-24-18(22)12-14-21(13-11-15-7-3-2-4-8-15)19(23)16-9-5-6-10-17(16)20/h5-7,9-10H,2-4,8,11-14H2,1H3. The van der Waals surface area contributed by atoms with Crippen LogP contribution in [0, 0.1) is 0 Å². The van der Waals surface area contributed by atoms with Gasteiger partial charge in [-0.2, -0.15) is 0 Å². The van der Waals surface area contributed by atoms with E-state index in [0.717, 1.165) is 19.3 Å². The van der Waals surface area contributed by atoms with Crippen LogP contribution < -0.4 is 0 Å². The number of allylic oxidation sites excluding steroid dienone is 1. The monoisotopic (exact) mass is 349 g/mol. The van der Waals surface area contributed by atoms with Crippen molar-refractivity contribution in [2.45, 2.75) is 38.5 Å². The van der Waals surface area contributed by atoms with Gasteiger partial charge in [0.2, 0.25) is 0 Å². The Morgan fingerprint density at radius 2 is 2.00 bits per heavy atom. The first-order valence-corrected chi connectivity index (χ1v) is 8.78. The predicted octanol–water partition coefficient (Wildman–Crippen LogP) is 4.24. The maximum Gasteiger partial charge on any atom is 0.307 e. The first-order chi connectivity index (χ1) is 11.6. The highest BCUT2D eigenvalue weighted by molar-refractivity contribution is 6.33. The van der Waals surface area contributed by atoms with Crippen LogP contribution in [-0.4, -0.2) is 37.0 Å². The van der Waals surface area contributed by atoms with Gasteiger partial charge in [0.25, 0.3) is 5.91 Å². The van der Waals surface area contributed by atoms with E-state index in [1.165, 1.54) is 25.5 Å². The Balaban J connectivity index is 2.06. The number of carbonyl (C=O) groups excluding carboxylic acids is 2. The second-order valence-electron chi connectivity index (χ2n) is 5.96. The predicted molar refractivity (Wildman–Crippen MR) is 95.2 cm³/mol. The number of rotatable bonds is 7. The molecule has 1 amide bonds. The van der Waals surface area contributed by atoms with Crippen molar-refractivity contribution >= 4 is 23.5 Å². The van der Waals surface area contributed by atoms with Gasteiger partial charge in [0.15, 0.2) is 0 Å². The van der Waals surface area contributed by atoms with Gasteiger partial charge in [-0.05, 0) is 44.2 Å². The van der Waals surface area contributed by atoms with Crippen molar-refractivity contribution in [3.05, 3.63) is 46.5 Å². The fourth-order valence-electron chi connectivity index (χ4n) is 2.86. The maximum absolute atomic E-state index is 12.8. The van der Waals surface area contributed by atoms with Gasteiger partial charge >= 0.3 is 5.97 Å². The quantitative estimate of drug-likeness (QED) is 0.546. The fraction of sp³-hybridized carbons (Fsp3) is 0.474. The molecule has 1 aliphatic carbocycles. The van der Waals surface area contributed by atoms with Gasteiger partial charge in [-0.1, -0.05) is 35.4 Å². The minimum Gasteiger partial charge on any atom is -0.469 e. The molecular weight excluding hydrogens is 326 g/mol. The number of carbonyl (C=O) groups is 2. The summed E-state index contributed by atoms with van der Waals surface area (Å²) in [6.45, 7) is 0.927. The van der Waals surface area contributed by atoms with Gasteiger partial charge in [-0.3, -0.25) is 9.59 Å². The molecule has 0 saturated carbocycles. The lowest BCUT2D eigenvalue weighted by atomic mass is 9.97. The molecule has 1 aromatic carbocycles. The molecule has 24 heavy (non-hydrogen) atoms. The summed E-state index contributed by atoms with van der Waals surface area (Å²) in [6.07, 6.45) is 7.99. The molecule has 0 atom stereocenters.